The summed E-state index contributed by atoms with van der Waals surface area (Å²) in [5.41, 5.74) is 3.81. The van der Waals surface area contributed by atoms with Crippen LogP contribution in [0.1, 0.15) is 68.5 Å². The summed E-state index contributed by atoms with van der Waals surface area (Å²) in [6.45, 7) is 11.9. The molecule has 1 saturated carbocycles. The van der Waals surface area contributed by atoms with E-state index in [-0.39, 0.29) is 11.9 Å². The fourth-order valence-corrected chi connectivity index (χ4v) is 4.63. The summed E-state index contributed by atoms with van der Waals surface area (Å²) in [5, 5.41) is 8.38. The van der Waals surface area contributed by atoms with Gasteiger partial charge in [0.05, 0.1) is 54.9 Å². The molecule has 2 aromatic heterocycles. The number of carbonyl (C=O) groups excluding carboxylic acids is 1. The van der Waals surface area contributed by atoms with Gasteiger partial charge in [-0.1, -0.05) is 0 Å². The number of ether oxygens (including phenoxy) is 3. The molecule has 0 radical (unpaired) electrons. The molecule has 36 heavy (non-hydrogen) atoms. The van der Waals surface area contributed by atoms with Gasteiger partial charge in [-0.25, -0.2) is 9.67 Å². The third kappa shape index (κ3) is 4.84. The van der Waals surface area contributed by atoms with Crippen molar-refractivity contribution in [3.05, 3.63) is 35.7 Å². The highest BCUT2D eigenvalue weighted by Crippen LogP contribution is 2.42. The van der Waals surface area contributed by atoms with Gasteiger partial charge in [-0.15, -0.1) is 0 Å². The minimum absolute atomic E-state index is 0.145. The molecule has 9 heteroatoms. The quantitative estimate of drug-likeness (QED) is 0.459. The molecule has 5 rings (SSSR count). The molecule has 1 aliphatic heterocycles. The highest BCUT2D eigenvalue weighted by Gasteiger charge is 2.29. The lowest BCUT2D eigenvalue weighted by atomic mass is 10.1. The van der Waals surface area contributed by atoms with Gasteiger partial charge in [0.25, 0.3) is 5.91 Å². The van der Waals surface area contributed by atoms with Crippen molar-refractivity contribution < 1.29 is 19.0 Å². The summed E-state index contributed by atoms with van der Waals surface area (Å²) in [5.74, 6) is 1.52. The summed E-state index contributed by atoms with van der Waals surface area (Å²) < 4.78 is 19.4. The van der Waals surface area contributed by atoms with Gasteiger partial charge in [-0.2, -0.15) is 5.10 Å². The van der Waals surface area contributed by atoms with E-state index in [1.54, 1.807) is 6.20 Å². The summed E-state index contributed by atoms with van der Waals surface area (Å²) in [4.78, 5) is 20.8. The summed E-state index contributed by atoms with van der Waals surface area (Å²) in [6.07, 6.45) is 3.94. The van der Waals surface area contributed by atoms with E-state index in [0.29, 0.717) is 55.1 Å². The normalized spacial score (nSPS) is 16.0. The van der Waals surface area contributed by atoms with Crippen molar-refractivity contribution >= 4 is 28.3 Å². The zero-order valence-electron chi connectivity index (χ0n) is 21.5. The third-order valence-corrected chi connectivity index (χ3v) is 6.58. The fourth-order valence-electron chi connectivity index (χ4n) is 4.63. The molecule has 1 saturated heterocycles. The number of anilines is 2. The standard InChI is InChI=1S/C27H35N5O4/c1-5-35-24-15-23(31-9-11-34-12-10-31)25(36-6-2)14-22(24)30-27(33)19-13-21(18-7-8-18)29-26-20(19)16-28-32(26)17(3)4/h13-18H,5-12H2,1-4H3,(H,30,33). The molecule has 1 aromatic carbocycles. The van der Waals surface area contributed by atoms with Crippen LogP contribution >= 0.6 is 0 Å². The van der Waals surface area contributed by atoms with Gasteiger partial charge in [-0.05, 0) is 46.6 Å². The van der Waals surface area contributed by atoms with E-state index in [0.717, 1.165) is 48.3 Å². The maximum Gasteiger partial charge on any atom is 0.256 e. The number of amides is 1. The Balaban J connectivity index is 1.53. The van der Waals surface area contributed by atoms with Crippen LogP contribution in [-0.4, -0.2) is 60.2 Å². The Morgan fingerprint density at radius 1 is 1.11 bits per heavy atom. The number of aromatic nitrogens is 3. The van der Waals surface area contributed by atoms with Crippen LogP contribution in [0.25, 0.3) is 11.0 Å². The maximum atomic E-state index is 13.7. The van der Waals surface area contributed by atoms with E-state index in [4.69, 9.17) is 19.2 Å². The molecule has 2 aliphatic rings. The number of pyridine rings is 1. The zero-order chi connectivity index (χ0) is 25.2. The molecule has 3 aromatic rings. The van der Waals surface area contributed by atoms with Gasteiger partial charge in [0.15, 0.2) is 5.65 Å². The lowest BCUT2D eigenvalue weighted by Crippen LogP contribution is -2.36. The van der Waals surface area contributed by atoms with Gasteiger partial charge < -0.3 is 24.4 Å². The molecule has 1 aliphatic carbocycles. The fraction of sp³-hybridized carbons (Fsp3) is 0.519. The summed E-state index contributed by atoms with van der Waals surface area (Å²) in [6, 6.07) is 5.90. The molecular weight excluding hydrogens is 458 g/mol. The molecule has 192 valence electrons. The van der Waals surface area contributed by atoms with E-state index in [2.05, 4.69) is 29.2 Å². The first-order valence-electron chi connectivity index (χ1n) is 13.0. The van der Waals surface area contributed by atoms with Crippen LogP contribution in [0.3, 0.4) is 0 Å². The van der Waals surface area contributed by atoms with E-state index >= 15 is 0 Å². The second kappa shape index (κ2) is 10.3. The van der Waals surface area contributed by atoms with Crippen LogP contribution in [0.2, 0.25) is 0 Å². The van der Waals surface area contributed by atoms with Crippen LogP contribution in [-0.2, 0) is 4.74 Å². The van der Waals surface area contributed by atoms with Crippen LogP contribution in [0.5, 0.6) is 11.5 Å². The molecule has 0 atom stereocenters. The highest BCUT2D eigenvalue weighted by molar-refractivity contribution is 6.12. The number of hydrogen-bond donors (Lipinski definition) is 1. The maximum absolute atomic E-state index is 13.7. The van der Waals surface area contributed by atoms with Crippen molar-refractivity contribution in [2.45, 2.75) is 52.5 Å². The van der Waals surface area contributed by atoms with Gasteiger partial charge >= 0.3 is 0 Å². The molecule has 1 N–H and O–H groups in total. The van der Waals surface area contributed by atoms with Crippen molar-refractivity contribution in [2.75, 3.05) is 49.7 Å². The molecule has 1 amide bonds. The Hall–Kier alpha value is -3.33. The van der Waals surface area contributed by atoms with Crippen molar-refractivity contribution in [1.82, 2.24) is 14.8 Å². The predicted octanol–water partition coefficient (Wildman–Crippen LogP) is 4.78. The van der Waals surface area contributed by atoms with Crippen molar-refractivity contribution in [2.24, 2.45) is 0 Å². The lowest BCUT2D eigenvalue weighted by molar-refractivity contribution is 0.102. The molecule has 0 unspecified atom stereocenters. The van der Waals surface area contributed by atoms with Crippen LogP contribution in [0.4, 0.5) is 11.4 Å². The number of morpholine rings is 1. The Morgan fingerprint density at radius 2 is 1.83 bits per heavy atom. The Bertz CT molecular complexity index is 1240. The van der Waals surface area contributed by atoms with E-state index in [1.165, 1.54) is 0 Å². The topological polar surface area (TPSA) is 90.7 Å². The van der Waals surface area contributed by atoms with Crippen molar-refractivity contribution in [1.29, 1.82) is 0 Å². The first kappa shape index (κ1) is 24.4. The number of fused-ring (bicyclic) bond motifs is 1. The van der Waals surface area contributed by atoms with Gasteiger partial charge in [-0.3, -0.25) is 4.79 Å². The van der Waals surface area contributed by atoms with Crippen LogP contribution in [0, 0.1) is 0 Å². The number of carbonyl (C=O) groups is 1. The van der Waals surface area contributed by atoms with Gasteiger partial charge in [0, 0.05) is 42.9 Å². The second-order valence-corrected chi connectivity index (χ2v) is 9.52. The Morgan fingerprint density at radius 3 is 2.50 bits per heavy atom. The van der Waals surface area contributed by atoms with Crippen molar-refractivity contribution in [3.63, 3.8) is 0 Å². The Kier molecular flexibility index (Phi) is 7.00. The van der Waals surface area contributed by atoms with Gasteiger partial charge in [0.2, 0.25) is 0 Å². The average Bonchev–Trinajstić information content (AvgIpc) is 3.64. The smallest absolute Gasteiger partial charge is 0.256 e. The van der Waals surface area contributed by atoms with Crippen molar-refractivity contribution in [3.8, 4) is 11.5 Å². The van der Waals surface area contributed by atoms with E-state index in [9.17, 15) is 4.79 Å². The number of nitrogens with one attached hydrogen (secondary N) is 1. The third-order valence-electron chi connectivity index (χ3n) is 6.58. The van der Waals surface area contributed by atoms with E-state index < -0.39 is 0 Å². The van der Waals surface area contributed by atoms with E-state index in [1.807, 2.05) is 36.7 Å². The SMILES string of the molecule is CCOc1cc(N2CCOCC2)c(OCC)cc1NC(=O)c1cc(C2CC2)nc2c1cnn2C(C)C. The Labute approximate surface area is 211 Å². The number of hydrogen-bond acceptors (Lipinski definition) is 7. The summed E-state index contributed by atoms with van der Waals surface area (Å²) >= 11 is 0. The highest BCUT2D eigenvalue weighted by atomic mass is 16.5. The minimum atomic E-state index is -0.213. The first-order chi connectivity index (χ1) is 17.5. The first-order valence-corrected chi connectivity index (χ1v) is 13.0. The average molecular weight is 494 g/mol. The molecule has 2 fully saturated rings. The minimum Gasteiger partial charge on any atom is -0.492 e. The molecular formula is C27H35N5O4. The molecule has 0 spiro atoms. The lowest BCUT2D eigenvalue weighted by Gasteiger charge is -2.31. The second-order valence-electron chi connectivity index (χ2n) is 9.52. The summed E-state index contributed by atoms with van der Waals surface area (Å²) in [7, 11) is 0. The monoisotopic (exact) mass is 493 g/mol. The predicted molar refractivity (Wildman–Crippen MR) is 140 cm³/mol. The number of benzene rings is 1. The number of nitrogens with zero attached hydrogens (tertiary/aromatic N) is 4. The molecule has 3 heterocycles. The van der Waals surface area contributed by atoms with Crippen LogP contribution < -0.4 is 19.7 Å². The number of rotatable bonds is 9. The van der Waals surface area contributed by atoms with Gasteiger partial charge in [0.1, 0.15) is 11.5 Å². The zero-order valence-corrected chi connectivity index (χ0v) is 21.5. The van der Waals surface area contributed by atoms with Crippen LogP contribution in [0.15, 0.2) is 24.4 Å². The largest absolute Gasteiger partial charge is 0.492 e. The molecule has 9 nitrogen and oxygen atoms in total. The molecule has 0 bridgehead atoms.